The Morgan fingerprint density at radius 3 is 2.42 bits per heavy atom. The van der Waals surface area contributed by atoms with Crippen LogP contribution < -0.4 is 25.6 Å². The first-order valence-electron chi connectivity index (χ1n) is 12.1. The quantitative estimate of drug-likeness (QED) is 0.313. The van der Waals surface area contributed by atoms with Gasteiger partial charge in [0.25, 0.3) is 0 Å². The van der Waals surface area contributed by atoms with Crippen molar-refractivity contribution < 1.29 is 14.3 Å². The molecular weight excluding hydrogens is 482 g/mol. The highest BCUT2D eigenvalue weighted by molar-refractivity contribution is 6.03. The van der Waals surface area contributed by atoms with Crippen molar-refractivity contribution in [2.24, 2.45) is 5.92 Å². The molecule has 1 atom stereocenters. The second-order valence-electron chi connectivity index (χ2n) is 8.82. The number of aromatic nitrogens is 3. The van der Waals surface area contributed by atoms with E-state index < -0.39 is 5.92 Å². The zero-order valence-corrected chi connectivity index (χ0v) is 21.0. The van der Waals surface area contributed by atoms with Crippen molar-refractivity contribution >= 4 is 46.3 Å². The number of aryl methyl sites for hydroxylation is 1. The van der Waals surface area contributed by atoms with E-state index in [9.17, 15) is 9.59 Å². The molecule has 0 bridgehead atoms. The summed E-state index contributed by atoms with van der Waals surface area (Å²) in [5.41, 5.74) is 2.16. The number of nitrogens with one attached hydrogen (secondary N) is 3. The molecule has 3 N–H and O–H groups in total. The van der Waals surface area contributed by atoms with Gasteiger partial charge in [-0.1, -0.05) is 12.1 Å². The SMILES string of the molecule is COc1cccc(N2CC(C(=O)Nc3ccc(Nc4cc(Nc5ccccn5)nc(C)n4)cc3)CC2=O)c1. The zero-order chi connectivity index (χ0) is 26.5. The number of carbonyl (C=O) groups excluding carboxylic acids is 2. The summed E-state index contributed by atoms with van der Waals surface area (Å²) in [6.45, 7) is 2.13. The van der Waals surface area contributed by atoms with Gasteiger partial charge in [0.1, 0.15) is 29.0 Å². The largest absolute Gasteiger partial charge is 0.497 e. The second-order valence-corrected chi connectivity index (χ2v) is 8.82. The number of benzene rings is 2. The Labute approximate surface area is 220 Å². The molecule has 2 amide bonds. The van der Waals surface area contributed by atoms with E-state index in [0.29, 0.717) is 41.3 Å². The highest BCUT2D eigenvalue weighted by atomic mass is 16.5. The molecule has 10 nitrogen and oxygen atoms in total. The topological polar surface area (TPSA) is 121 Å². The highest BCUT2D eigenvalue weighted by Gasteiger charge is 2.35. The molecule has 4 aromatic rings. The number of hydrogen-bond acceptors (Lipinski definition) is 8. The second kappa shape index (κ2) is 11.0. The molecule has 1 unspecified atom stereocenters. The van der Waals surface area contributed by atoms with E-state index in [0.717, 1.165) is 11.4 Å². The predicted octanol–water partition coefficient (Wildman–Crippen LogP) is 4.67. The van der Waals surface area contributed by atoms with E-state index in [4.69, 9.17) is 4.74 Å². The summed E-state index contributed by atoms with van der Waals surface area (Å²) in [5, 5.41) is 9.35. The normalized spacial score (nSPS) is 14.7. The standard InChI is InChI=1S/C28H27N7O3/c1-18-30-25(16-26(31-18)34-24-8-3-4-13-29-24)32-20-9-11-21(12-10-20)33-28(37)19-14-27(36)35(17-19)22-6-5-7-23(15-22)38-2/h3-13,15-16,19H,14,17H2,1-2H3,(H,33,37)(H2,29,30,31,32,34). The molecule has 192 valence electrons. The Morgan fingerprint density at radius 2 is 1.68 bits per heavy atom. The Balaban J connectivity index is 1.20. The average Bonchev–Trinajstić information content (AvgIpc) is 3.32. The molecule has 0 aliphatic carbocycles. The number of nitrogens with zero attached hydrogens (tertiary/aromatic N) is 4. The summed E-state index contributed by atoms with van der Waals surface area (Å²) < 4.78 is 5.25. The summed E-state index contributed by atoms with van der Waals surface area (Å²) in [5.74, 6) is 2.47. The van der Waals surface area contributed by atoms with Crippen molar-refractivity contribution in [2.45, 2.75) is 13.3 Å². The fourth-order valence-corrected chi connectivity index (χ4v) is 4.20. The molecule has 2 aromatic heterocycles. The van der Waals surface area contributed by atoms with Crippen LogP contribution in [-0.2, 0) is 9.59 Å². The molecule has 1 aliphatic heterocycles. The Bertz CT molecular complexity index is 1440. The van der Waals surface area contributed by atoms with E-state index in [1.165, 1.54) is 0 Å². The number of pyridine rings is 1. The molecule has 10 heteroatoms. The molecule has 1 fully saturated rings. The maximum absolute atomic E-state index is 12.9. The van der Waals surface area contributed by atoms with Crippen molar-refractivity contribution in [3.8, 4) is 5.75 Å². The van der Waals surface area contributed by atoms with Crippen molar-refractivity contribution in [1.82, 2.24) is 15.0 Å². The lowest BCUT2D eigenvalue weighted by Gasteiger charge is -2.17. The number of methoxy groups -OCH3 is 1. The lowest BCUT2D eigenvalue weighted by Crippen LogP contribution is -2.28. The summed E-state index contributed by atoms with van der Waals surface area (Å²) in [7, 11) is 1.58. The molecule has 0 saturated carbocycles. The minimum absolute atomic E-state index is 0.0880. The highest BCUT2D eigenvalue weighted by Crippen LogP contribution is 2.29. The first-order valence-corrected chi connectivity index (χ1v) is 12.1. The zero-order valence-electron chi connectivity index (χ0n) is 21.0. The Kier molecular flexibility index (Phi) is 7.12. The number of anilines is 6. The fraction of sp³-hybridized carbons (Fsp3) is 0.179. The molecule has 5 rings (SSSR count). The van der Waals surface area contributed by atoms with Gasteiger partial charge < -0.3 is 25.6 Å². The molecule has 0 radical (unpaired) electrons. The average molecular weight is 510 g/mol. The van der Waals surface area contributed by atoms with Gasteiger partial charge in [0.05, 0.1) is 13.0 Å². The molecule has 3 heterocycles. The molecule has 0 spiro atoms. The monoisotopic (exact) mass is 509 g/mol. The van der Waals surface area contributed by atoms with Gasteiger partial charge in [-0.05, 0) is 55.5 Å². The van der Waals surface area contributed by atoms with Crippen LogP contribution in [-0.4, -0.2) is 40.4 Å². The van der Waals surface area contributed by atoms with Crippen LogP contribution in [0.5, 0.6) is 5.75 Å². The number of rotatable bonds is 8. The van der Waals surface area contributed by atoms with Crippen LogP contribution >= 0.6 is 0 Å². The van der Waals surface area contributed by atoms with Crippen LogP contribution in [0.1, 0.15) is 12.2 Å². The van der Waals surface area contributed by atoms with Crippen LogP contribution in [0, 0.1) is 12.8 Å². The lowest BCUT2D eigenvalue weighted by molar-refractivity contribution is -0.122. The van der Waals surface area contributed by atoms with Gasteiger partial charge in [-0.25, -0.2) is 15.0 Å². The minimum Gasteiger partial charge on any atom is -0.497 e. The Hall–Kier alpha value is -4.99. The van der Waals surface area contributed by atoms with Crippen LogP contribution in [0.25, 0.3) is 0 Å². The fourth-order valence-electron chi connectivity index (χ4n) is 4.20. The predicted molar refractivity (Wildman–Crippen MR) is 146 cm³/mol. The number of amides is 2. The molecular formula is C28H27N7O3. The molecule has 1 saturated heterocycles. The first kappa shape index (κ1) is 24.7. The third-order valence-electron chi connectivity index (χ3n) is 6.04. The number of ether oxygens (including phenoxy) is 1. The van der Waals surface area contributed by atoms with Gasteiger partial charge in [-0.2, -0.15) is 0 Å². The number of carbonyl (C=O) groups is 2. The number of hydrogen-bond donors (Lipinski definition) is 3. The molecule has 38 heavy (non-hydrogen) atoms. The van der Waals surface area contributed by atoms with Crippen LogP contribution in [0.3, 0.4) is 0 Å². The van der Waals surface area contributed by atoms with Crippen LogP contribution in [0.15, 0.2) is 79.0 Å². The van der Waals surface area contributed by atoms with Crippen molar-refractivity contribution in [1.29, 1.82) is 0 Å². The Morgan fingerprint density at radius 1 is 0.921 bits per heavy atom. The van der Waals surface area contributed by atoms with Crippen molar-refractivity contribution in [3.63, 3.8) is 0 Å². The van der Waals surface area contributed by atoms with Crippen LogP contribution in [0.4, 0.5) is 34.5 Å². The van der Waals surface area contributed by atoms with E-state index in [2.05, 4.69) is 30.9 Å². The maximum atomic E-state index is 12.9. The maximum Gasteiger partial charge on any atom is 0.229 e. The summed E-state index contributed by atoms with van der Waals surface area (Å²) in [4.78, 5) is 40.2. The summed E-state index contributed by atoms with van der Waals surface area (Å²) >= 11 is 0. The van der Waals surface area contributed by atoms with E-state index in [-0.39, 0.29) is 18.2 Å². The smallest absolute Gasteiger partial charge is 0.229 e. The van der Waals surface area contributed by atoms with Gasteiger partial charge in [0.2, 0.25) is 11.8 Å². The van der Waals surface area contributed by atoms with E-state index >= 15 is 0 Å². The lowest BCUT2D eigenvalue weighted by atomic mass is 10.1. The summed E-state index contributed by atoms with van der Waals surface area (Å²) in [6, 6.07) is 22.0. The summed E-state index contributed by atoms with van der Waals surface area (Å²) in [6.07, 6.45) is 1.86. The van der Waals surface area contributed by atoms with E-state index in [1.54, 1.807) is 42.5 Å². The third-order valence-corrected chi connectivity index (χ3v) is 6.04. The van der Waals surface area contributed by atoms with Gasteiger partial charge in [-0.3, -0.25) is 9.59 Å². The third kappa shape index (κ3) is 5.86. The first-order chi connectivity index (χ1) is 18.5. The van der Waals surface area contributed by atoms with Crippen LogP contribution in [0.2, 0.25) is 0 Å². The molecule has 2 aromatic carbocycles. The van der Waals surface area contributed by atoms with Gasteiger partial charge in [0, 0.05) is 48.4 Å². The van der Waals surface area contributed by atoms with Gasteiger partial charge >= 0.3 is 0 Å². The van der Waals surface area contributed by atoms with Crippen molar-refractivity contribution in [2.75, 3.05) is 34.5 Å². The van der Waals surface area contributed by atoms with Gasteiger partial charge in [0.15, 0.2) is 0 Å². The minimum atomic E-state index is -0.444. The van der Waals surface area contributed by atoms with E-state index in [1.807, 2.05) is 55.5 Å². The molecule has 1 aliphatic rings. The van der Waals surface area contributed by atoms with Crippen molar-refractivity contribution in [3.05, 3.63) is 84.8 Å². The van der Waals surface area contributed by atoms with Gasteiger partial charge in [-0.15, -0.1) is 0 Å².